The van der Waals surface area contributed by atoms with Crippen LogP contribution in [0.4, 0.5) is 0 Å². The van der Waals surface area contributed by atoms with E-state index in [0.29, 0.717) is 12.3 Å². The Balaban J connectivity index is 0. The first kappa shape index (κ1) is 17.1. The Morgan fingerprint density at radius 3 is 2.20 bits per heavy atom. The van der Waals surface area contributed by atoms with E-state index in [0.717, 1.165) is 19.5 Å². The largest absolute Gasteiger partial charge is 0.343 e. The topological polar surface area (TPSA) is 46.3 Å². The van der Waals surface area contributed by atoms with Crippen LogP contribution < -0.4 is 5.73 Å². The molecule has 0 spiro atoms. The molecule has 0 saturated carbocycles. The summed E-state index contributed by atoms with van der Waals surface area (Å²) >= 11 is 0. The van der Waals surface area contributed by atoms with Crippen LogP contribution in [0.25, 0.3) is 0 Å². The van der Waals surface area contributed by atoms with Crippen LogP contribution in [0.15, 0.2) is 0 Å². The summed E-state index contributed by atoms with van der Waals surface area (Å²) in [6.45, 7) is 9.87. The Labute approximate surface area is 99.8 Å². The molecule has 0 radical (unpaired) electrons. The molecule has 0 aromatic rings. The number of halogens is 1. The number of nitrogens with zero attached hydrogens (tertiary/aromatic N) is 1. The van der Waals surface area contributed by atoms with E-state index in [4.69, 9.17) is 5.73 Å². The second-order valence-corrected chi connectivity index (χ2v) is 4.34. The van der Waals surface area contributed by atoms with E-state index in [1.54, 1.807) is 0 Å². The lowest BCUT2D eigenvalue weighted by molar-refractivity contribution is -0.131. The number of amides is 1. The van der Waals surface area contributed by atoms with E-state index in [1.165, 1.54) is 0 Å². The van der Waals surface area contributed by atoms with Crippen molar-refractivity contribution in [3.8, 4) is 0 Å². The van der Waals surface area contributed by atoms with Crippen molar-refractivity contribution in [2.75, 3.05) is 13.1 Å². The van der Waals surface area contributed by atoms with Gasteiger partial charge >= 0.3 is 0 Å². The van der Waals surface area contributed by atoms with E-state index in [1.807, 2.05) is 18.7 Å². The number of rotatable bonds is 6. The molecule has 0 bridgehead atoms. The number of carbonyl (C=O) groups excluding carboxylic acids is 1. The second kappa shape index (κ2) is 8.98. The average Bonchev–Trinajstić information content (AvgIpc) is 2.09. The summed E-state index contributed by atoms with van der Waals surface area (Å²) in [5.41, 5.74) is 5.61. The molecule has 0 fully saturated rings. The zero-order chi connectivity index (χ0) is 11.1. The predicted octanol–water partition coefficient (Wildman–Crippen LogP) is 2.04. The SMILES string of the molecule is CCN(CC(C)C)C(=O)CCC(C)N.Cl. The highest BCUT2D eigenvalue weighted by Gasteiger charge is 2.12. The molecule has 2 N–H and O–H groups in total. The first-order valence-corrected chi connectivity index (χ1v) is 5.50. The van der Waals surface area contributed by atoms with E-state index in [2.05, 4.69) is 13.8 Å². The molecule has 92 valence electrons. The first-order valence-electron chi connectivity index (χ1n) is 5.50. The summed E-state index contributed by atoms with van der Waals surface area (Å²) in [6, 6.07) is 0.122. The van der Waals surface area contributed by atoms with Gasteiger partial charge in [-0.25, -0.2) is 0 Å². The van der Waals surface area contributed by atoms with Crippen LogP contribution in [0.5, 0.6) is 0 Å². The van der Waals surface area contributed by atoms with Crippen molar-refractivity contribution in [1.29, 1.82) is 0 Å². The van der Waals surface area contributed by atoms with Gasteiger partial charge in [0.25, 0.3) is 0 Å². The summed E-state index contributed by atoms with van der Waals surface area (Å²) in [7, 11) is 0. The maximum absolute atomic E-state index is 11.7. The fourth-order valence-corrected chi connectivity index (χ4v) is 1.36. The van der Waals surface area contributed by atoms with Gasteiger partial charge in [0.2, 0.25) is 5.91 Å². The zero-order valence-electron chi connectivity index (χ0n) is 10.3. The van der Waals surface area contributed by atoms with Gasteiger partial charge in [0.1, 0.15) is 0 Å². The molecule has 0 aliphatic heterocycles. The van der Waals surface area contributed by atoms with Crippen LogP contribution >= 0.6 is 12.4 Å². The Morgan fingerprint density at radius 1 is 1.33 bits per heavy atom. The molecule has 15 heavy (non-hydrogen) atoms. The second-order valence-electron chi connectivity index (χ2n) is 4.34. The Kier molecular flexibility index (Phi) is 10.3. The Hall–Kier alpha value is -0.280. The van der Waals surface area contributed by atoms with Gasteiger partial charge in [-0.15, -0.1) is 12.4 Å². The van der Waals surface area contributed by atoms with E-state index < -0.39 is 0 Å². The maximum Gasteiger partial charge on any atom is 0.222 e. The Bertz CT molecular complexity index is 172. The lowest BCUT2D eigenvalue weighted by atomic mass is 10.1. The summed E-state index contributed by atoms with van der Waals surface area (Å²) < 4.78 is 0. The fourth-order valence-electron chi connectivity index (χ4n) is 1.36. The van der Waals surface area contributed by atoms with Crippen LogP contribution in [0.2, 0.25) is 0 Å². The number of hydrogen-bond acceptors (Lipinski definition) is 2. The lowest BCUT2D eigenvalue weighted by Gasteiger charge is -2.23. The first-order chi connectivity index (χ1) is 6.47. The van der Waals surface area contributed by atoms with Crippen molar-refractivity contribution in [3.05, 3.63) is 0 Å². The van der Waals surface area contributed by atoms with Crippen LogP contribution in [-0.4, -0.2) is 29.9 Å². The average molecular weight is 237 g/mol. The highest BCUT2D eigenvalue weighted by Crippen LogP contribution is 2.03. The van der Waals surface area contributed by atoms with E-state index in [9.17, 15) is 4.79 Å². The van der Waals surface area contributed by atoms with Crippen LogP contribution in [0, 0.1) is 5.92 Å². The fraction of sp³-hybridized carbons (Fsp3) is 0.909. The van der Waals surface area contributed by atoms with Gasteiger partial charge < -0.3 is 10.6 Å². The lowest BCUT2D eigenvalue weighted by Crippen LogP contribution is -2.34. The molecule has 0 aromatic heterocycles. The van der Waals surface area contributed by atoms with Crippen LogP contribution in [0.1, 0.15) is 40.5 Å². The molecular formula is C11H25ClN2O. The van der Waals surface area contributed by atoms with E-state index in [-0.39, 0.29) is 24.4 Å². The minimum Gasteiger partial charge on any atom is -0.343 e. The molecule has 0 heterocycles. The normalized spacial score (nSPS) is 12.1. The monoisotopic (exact) mass is 236 g/mol. The molecule has 1 atom stereocenters. The summed E-state index contributed by atoms with van der Waals surface area (Å²) in [6.07, 6.45) is 1.37. The number of carbonyl (C=O) groups is 1. The molecule has 1 amide bonds. The predicted molar refractivity (Wildman–Crippen MR) is 67.2 cm³/mol. The number of nitrogens with two attached hydrogens (primary N) is 1. The molecule has 0 saturated heterocycles. The molecule has 0 rings (SSSR count). The minimum absolute atomic E-state index is 0. The molecule has 4 heteroatoms. The standard InChI is InChI=1S/C11H24N2O.ClH/c1-5-13(8-9(2)3)11(14)7-6-10(4)12;/h9-10H,5-8,12H2,1-4H3;1H. The third-order valence-corrected chi connectivity index (χ3v) is 2.13. The molecule has 1 unspecified atom stereocenters. The zero-order valence-corrected chi connectivity index (χ0v) is 11.1. The van der Waals surface area contributed by atoms with Crippen LogP contribution in [0.3, 0.4) is 0 Å². The van der Waals surface area contributed by atoms with Crippen molar-refractivity contribution in [2.45, 2.75) is 46.6 Å². The van der Waals surface area contributed by atoms with Gasteiger partial charge in [-0.3, -0.25) is 4.79 Å². The highest BCUT2D eigenvalue weighted by molar-refractivity contribution is 5.85. The molecule has 3 nitrogen and oxygen atoms in total. The van der Waals surface area contributed by atoms with Gasteiger partial charge in [-0.05, 0) is 26.2 Å². The molecule has 0 aliphatic carbocycles. The van der Waals surface area contributed by atoms with Crippen molar-refractivity contribution < 1.29 is 4.79 Å². The van der Waals surface area contributed by atoms with Gasteiger partial charge in [0.05, 0.1) is 0 Å². The summed E-state index contributed by atoms with van der Waals surface area (Å²) in [5.74, 6) is 0.771. The molecule has 0 aliphatic rings. The molecule has 0 aromatic carbocycles. The van der Waals surface area contributed by atoms with Crippen molar-refractivity contribution in [1.82, 2.24) is 4.90 Å². The number of hydrogen-bond donors (Lipinski definition) is 1. The van der Waals surface area contributed by atoms with Gasteiger partial charge in [-0.2, -0.15) is 0 Å². The highest BCUT2D eigenvalue weighted by atomic mass is 35.5. The quantitative estimate of drug-likeness (QED) is 0.767. The van der Waals surface area contributed by atoms with Gasteiger partial charge in [0.15, 0.2) is 0 Å². The third-order valence-electron chi connectivity index (χ3n) is 2.13. The molecular weight excluding hydrogens is 212 g/mol. The van der Waals surface area contributed by atoms with Crippen molar-refractivity contribution in [3.63, 3.8) is 0 Å². The minimum atomic E-state index is 0. The Morgan fingerprint density at radius 2 is 1.87 bits per heavy atom. The van der Waals surface area contributed by atoms with E-state index >= 15 is 0 Å². The smallest absolute Gasteiger partial charge is 0.222 e. The summed E-state index contributed by atoms with van der Waals surface area (Å²) in [5, 5.41) is 0. The van der Waals surface area contributed by atoms with Gasteiger partial charge in [0, 0.05) is 25.6 Å². The van der Waals surface area contributed by atoms with Crippen LogP contribution in [-0.2, 0) is 4.79 Å². The van der Waals surface area contributed by atoms with Crippen molar-refractivity contribution >= 4 is 18.3 Å². The third kappa shape index (κ3) is 8.70. The van der Waals surface area contributed by atoms with Crippen molar-refractivity contribution in [2.24, 2.45) is 11.7 Å². The maximum atomic E-state index is 11.7. The summed E-state index contributed by atoms with van der Waals surface area (Å²) in [4.78, 5) is 13.6. The van der Waals surface area contributed by atoms with Gasteiger partial charge in [-0.1, -0.05) is 13.8 Å².